The van der Waals surface area contributed by atoms with Crippen molar-refractivity contribution >= 4 is 29.3 Å². The number of carbonyl (C=O) groups excluding carboxylic acids is 3. The molecule has 8 heteroatoms. The van der Waals surface area contributed by atoms with E-state index in [1.807, 2.05) is 0 Å². The lowest BCUT2D eigenvalue weighted by atomic mass is 10.1. The molecule has 1 heterocycles. The van der Waals surface area contributed by atoms with Crippen LogP contribution in [0.2, 0.25) is 0 Å². The maximum absolute atomic E-state index is 12.4. The van der Waals surface area contributed by atoms with Crippen molar-refractivity contribution in [2.45, 2.75) is 25.7 Å². The van der Waals surface area contributed by atoms with Gasteiger partial charge in [-0.05, 0) is 37.1 Å². The highest BCUT2D eigenvalue weighted by atomic mass is 16.5. The van der Waals surface area contributed by atoms with E-state index in [0.29, 0.717) is 17.1 Å². The number of hydrogen-bond donors (Lipinski definition) is 2. The fourth-order valence-electron chi connectivity index (χ4n) is 3.11. The maximum Gasteiger partial charge on any atom is 0.337 e. The first-order valence-electron chi connectivity index (χ1n) is 8.82. The van der Waals surface area contributed by atoms with Crippen molar-refractivity contribution in [3.8, 4) is 0 Å². The molecule has 1 aromatic heterocycles. The number of aromatic nitrogens is 2. The molecule has 3 rings (SSSR count). The molecule has 8 nitrogen and oxygen atoms in total. The molecule has 2 aromatic rings. The SMILES string of the molecule is COC(=O)c1ccc(NC(=O)c2cc(NC(=O)C3CCCC3)n(C)n2)cc1. The predicted octanol–water partition coefficient (Wildman–Crippen LogP) is 2.59. The molecule has 142 valence electrons. The number of benzene rings is 1. The number of anilines is 2. The van der Waals surface area contributed by atoms with Crippen LogP contribution in [-0.4, -0.2) is 34.7 Å². The topological polar surface area (TPSA) is 102 Å². The average Bonchev–Trinajstić information content (AvgIpc) is 3.32. The van der Waals surface area contributed by atoms with Gasteiger partial charge in [-0.1, -0.05) is 12.8 Å². The molecule has 1 aliphatic carbocycles. The number of hydrogen-bond acceptors (Lipinski definition) is 5. The van der Waals surface area contributed by atoms with Gasteiger partial charge in [0.15, 0.2) is 5.69 Å². The van der Waals surface area contributed by atoms with Crippen molar-refractivity contribution in [1.29, 1.82) is 0 Å². The second-order valence-electron chi connectivity index (χ2n) is 6.53. The van der Waals surface area contributed by atoms with Gasteiger partial charge in [-0.3, -0.25) is 14.3 Å². The molecule has 1 aliphatic rings. The number of nitrogens with one attached hydrogen (secondary N) is 2. The van der Waals surface area contributed by atoms with E-state index < -0.39 is 11.9 Å². The van der Waals surface area contributed by atoms with Gasteiger partial charge < -0.3 is 15.4 Å². The van der Waals surface area contributed by atoms with Crippen LogP contribution in [-0.2, 0) is 16.6 Å². The third-order valence-corrected chi connectivity index (χ3v) is 4.65. The average molecular weight is 370 g/mol. The number of amides is 2. The fraction of sp³-hybridized carbons (Fsp3) is 0.368. The van der Waals surface area contributed by atoms with E-state index in [2.05, 4.69) is 20.5 Å². The van der Waals surface area contributed by atoms with E-state index in [4.69, 9.17) is 0 Å². The number of esters is 1. The van der Waals surface area contributed by atoms with Gasteiger partial charge in [0, 0.05) is 24.7 Å². The van der Waals surface area contributed by atoms with Crippen molar-refractivity contribution < 1.29 is 19.1 Å². The van der Waals surface area contributed by atoms with Crippen LogP contribution in [0, 0.1) is 5.92 Å². The first kappa shape index (κ1) is 18.6. The van der Waals surface area contributed by atoms with Crippen LogP contribution >= 0.6 is 0 Å². The van der Waals surface area contributed by atoms with Crippen LogP contribution in [0.15, 0.2) is 30.3 Å². The number of rotatable bonds is 5. The Balaban J connectivity index is 1.65. The molecule has 0 saturated heterocycles. The fourth-order valence-corrected chi connectivity index (χ4v) is 3.11. The molecule has 0 aliphatic heterocycles. The lowest BCUT2D eigenvalue weighted by molar-refractivity contribution is -0.119. The molecule has 2 N–H and O–H groups in total. The maximum atomic E-state index is 12.4. The minimum absolute atomic E-state index is 0.0270. The largest absolute Gasteiger partial charge is 0.465 e. The van der Waals surface area contributed by atoms with Crippen LogP contribution < -0.4 is 10.6 Å². The Morgan fingerprint density at radius 2 is 1.78 bits per heavy atom. The van der Waals surface area contributed by atoms with Gasteiger partial charge in [0.05, 0.1) is 12.7 Å². The smallest absolute Gasteiger partial charge is 0.337 e. The summed E-state index contributed by atoms with van der Waals surface area (Å²) in [7, 11) is 2.98. The van der Waals surface area contributed by atoms with Gasteiger partial charge in [-0.25, -0.2) is 4.79 Å². The number of methoxy groups -OCH3 is 1. The van der Waals surface area contributed by atoms with E-state index >= 15 is 0 Å². The summed E-state index contributed by atoms with van der Waals surface area (Å²) in [6, 6.07) is 7.89. The molecule has 0 radical (unpaired) electrons. The first-order valence-corrected chi connectivity index (χ1v) is 8.82. The minimum atomic E-state index is -0.444. The van der Waals surface area contributed by atoms with E-state index in [9.17, 15) is 14.4 Å². The minimum Gasteiger partial charge on any atom is -0.465 e. The highest BCUT2D eigenvalue weighted by Crippen LogP contribution is 2.26. The number of nitrogens with zero attached hydrogens (tertiary/aromatic N) is 2. The summed E-state index contributed by atoms with van der Waals surface area (Å²) in [5.41, 5.74) is 1.11. The normalized spacial score (nSPS) is 14.0. The van der Waals surface area contributed by atoms with Gasteiger partial charge in [-0.2, -0.15) is 5.10 Å². The summed E-state index contributed by atoms with van der Waals surface area (Å²) < 4.78 is 6.11. The van der Waals surface area contributed by atoms with E-state index in [-0.39, 0.29) is 17.5 Å². The van der Waals surface area contributed by atoms with Crippen molar-refractivity contribution in [3.63, 3.8) is 0 Å². The van der Waals surface area contributed by atoms with Gasteiger partial charge in [0.1, 0.15) is 5.82 Å². The lowest BCUT2D eigenvalue weighted by Crippen LogP contribution is -2.21. The highest BCUT2D eigenvalue weighted by molar-refractivity contribution is 6.04. The molecule has 0 atom stereocenters. The van der Waals surface area contributed by atoms with Crippen LogP contribution in [0.25, 0.3) is 0 Å². The number of aryl methyl sites for hydroxylation is 1. The Bertz CT molecular complexity index is 851. The van der Waals surface area contributed by atoms with Crippen LogP contribution in [0.3, 0.4) is 0 Å². The lowest BCUT2D eigenvalue weighted by Gasteiger charge is -2.09. The molecular formula is C19H22N4O4. The third kappa shape index (κ3) is 4.33. The van der Waals surface area contributed by atoms with Crippen molar-refractivity contribution in [3.05, 3.63) is 41.6 Å². The summed E-state index contributed by atoms with van der Waals surface area (Å²) in [6.07, 6.45) is 3.95. The van der Waals surface area contributed by atoms with Gasteiger partial charge in [0.2, 0.25) is 5.91 Å². The van der Waals surface area contributed by atoms with E-state index in [0.717, 1.165) is 25.7 Å². The Hall–Kier alpha value is -3.16. The summed E-state index contributed by atoms with van der Waals surface area (Å²) in [4.78, 5) is 36.1. The molecule has 0 spiro atoms. The molecule has 0 bridgehead atoms. The van der Waals surface area contributed by atoms with Gasteiger partial charge in [-0.15, -0.1) is 0 Å². The van der Waals surface area contributed by atoms with Crippen LogP contribution in [0.4, 0.5) is 11.5 Å². The summed E-state index contributed by atoms with van der Waals surface area (Å²) in [5, 5.41) is 9.72. The van der Waals surface area contributed by atoms with Crippen LogP contribution in [0.5, 0.6) is 0 Å². The summed E-state index contributed by atoms with van der Waals surface area (Å²) in [5.74, 6) is -0.359. The van der Waals surface area contributed by atoms with E-state index in [1.165, 1.54) is 11.8 Å². The Morgan fingerprint density at radius 3 is 2.41 bits per heavy atom. The van der Waals surface area contributed by atoms with Crippen LogP contribution in [0.1, 0.15) is 46.5 Å². The summed E-state index contributed by atoms with van der Waals surface area (Å²) >= 11 is 0. The second kappa shape index (κ2) is 8.03. The standard InChI is InChI=1S/C19H22N4O4/c1-23-16(21-17(24)12-5-3-4-6-12)11-15(22-23)18(25)20-14-9-7-13(8-10-14)19(26)27-2/h7-12H,3-6H2,1-2H3,(H,20,25)(H,21,24). The van der Waals surface area contributed by atoms with Crippen molar-refractivity contribution in [2.75, 3.05) is 17.7 Å². The number of carbonyl (C=O) groups is 3. The van der Waals surface area contributed by atoms with Gasteiger partial charge >= 0.3 is 5.97 Å². The molecule has 27 heavy (non-hydrogen) atoms. The zero-order chi connectivity index (χ0) is 19.4. The third-order valence-electron chi connectivity index (χ3n) is 4.65. The number of ether oxygens (including phenoxy) is 1. The Morgan fingerprint density at radius 1 is 1.11 bits per heavy atom. The first-order chi connectivity index (χ1) is 13.0. The molecule has 0 unspecified atom stereocenters. The Kier molecular flexibility index (Phi) is 5.54. The highest BCUT2D eigenvalue weighted by Gasteiger charge is 2.24. The predicted molar refractivity (Wildman–Crippen MR) is 99.5 cm³/mol. The van der Waals surface area contributed by atoms with Crippen molar-refractivity contribution in [1.82, 2.24) is 9.78 Å². The monoisotopic (exact) mass is 370 g/mol. The van der Waals surface area contributed by atoms with E-state index in [1.54, 1.807) is 37.4 Å². The van der Waals surface area contributed by atoms with Gasteiger partial charge in [0.25, 0.3) is 5.91 Å². The zero-order valence-electron chi connectivity index (χ0n) is 15.3. The molecule has 1 saturated carbocycles. The molecular weight excluding hydrogens is 348 g/mol. The second-order valence-corrected chi connectivity index (χ2v) is 6.53. The molecule has 1 fully saturated rings. The quantitative estimate of drug-likeness (QED) is 0.788. The molecule has 1 aromatic carbocycles. The Labute approximate surface area is 156 Å². The van der Waals surface area contributed by atoms with Crippen molar-refractivity contribution in [2.24, 2.45) is 13.0 Å². The molecule has 2 amide bonds. The summed E-state index contributed by atoms with van der Waals surface area (Å²) in [6.45, 7) is 0. The zero-order valence-corrected chi connectivity index (χ0v) is 15.3.